The molecule has 0 saturated heterocycles. The molecule has 0 atom stereocenters. The van der Waals surface area contributed by atoms with Crippen molar-refractivity contribution in [2.24, 2.45) is 5.41 Å². The second-order valence-corrected chi connectivity index (χ2v) is 7.00. The van der Waals surface area contributed by atoms with Crippen LogP contribution in [0.2, 0.25) is 0 Å². The van der Waals surface area contributed by atoms with E-state index in [4.69, 9.17) is 14.2 Å². The largest absolute Gasteiger partial charge is 0.497 e. The van der Waals surface area contributed by atoms with E-state index in [-0.39, 0.29) is 29.3 Å². The molecular weight excluding hydrogens is 364 g/mol. The Kier molecular flexibility index (Phi) is 6.23. The zero-order chi connectivity index (χ0) is 21.1. The Morgan fingerprint density at radius 1 is 1.11 bits per heavy atom. The van der Waals surface area contributed by atoms with Gasteiger partial charge in [0.05, 0.1) is 20.8 Å². The number of Topliss-reactive ketones (excluding diaryl/α,β-unsaturated/α-hetero) is 1. The van der Waals surface area contributed by atoms with E-state index in [0.29, 0.717) is 11.5 Å². The van der Waals surface area contributed by atoms with Gasteiger partial charge in [-0.05, 0) is 25.1 Å². The summed E-state index contributed by atoms with van der Waals surface area (Å²) in [4.78, 5) is 38.1. The van der Waals surface area contributed by atoms with Crippen molar-refractivity contribution in [2.75, 3.05) is 20.8 Å². The number of rotatable bonds is 6. The Hall–Kier alpha value is -3.16. The smallest absolute Gasteiger partial charge is 0.343 e. The predicted octanol–water partition coefficient (Wildman–Crippen LogP) is 2.66. The number of esters is 1. The summed E-state index contributed by atoms with van der Waals surface area (Å²) in [6, 6.07) is 5.97. The summed E-state index contributed by atoms with van der Waals surface area (Å²) in [7, 11) is 2.91. The normalized spacial score (nSPS) is 11.1. The molecule has 0 amide bonds. The lowest BCUT2D eigenvalue weighted by molar-refractivity contribution is 0.0523. The van der Waals surface area contributed by atoms with Gasteiger partial charge in [-0.1, -0.05) is 20.8 Å². The predicted molar refractivity (Wildman–Crippen MR) is 103 cm³/mol. The Balaban J connectivity index is 2.84. The van der Waals surface area contributed by atoms with E-state index in [1.165, 1.54) is 26.4 Å². The van der Waals surface area contributed by atoms with E-state index in [1.807, 2.05) is 0 Å². The number of benzene rings is 1. The maximum Gasteiger partial charge on any atom is 0.343 e. The van der Waals surface area contributed by atoms with Gasteiger partial charge in [0.1, 0.15) is 28.4 Å². The molecule has 1 aromatic heterocycles. The molecule has 0 aliphatic carbocycles. The van der Waals surface area contributed by atoms with Crippen molar-refractivity contribution in [1.82, 2.24) is 9.78 Å². The van der Waals surface area contributed by atoms with E-state index in [0.717, 1.165) is 4.68 Å². The van der Waals surface area contributed by atoms with Gasteiger partial charge in [-0.15, -0.1) is 0 Å². The molecule has 2 aromatic rings. The molecule has 2 rings (SSSR count). The van der Waals surface area contributed by atoms with Crippen molar-refractivity contribution in [3.8, 4) is 17.2 Å². The lowest BCUT2D eigenvalue weighted by Gasteiger charge is -2.18. The van der Waals surface area contributed by atoms with Crippen LogP contribution in [0.3, 0.4) is 0 Å². The molecule has 0 aliphatic rings. The summed E-state index contributed by atoms with van der Waals surface area (Å²) in [5.74, 6) is -0.373. The topological polar surface area (TPSA) is 96.7 Å². The quantitative estimate of drug-likeness (QED) is 0.554. The number of aromatic nitrogens is 2. The van der Waals surface area contributed by atoms with Crippen LogP contribution < -0.4 is 15.0 Å². The fraction of sp³-hybridized carbons (Fsp3) is 0.400. The van der Waals surface area contributed by atoms with E-state index in [2.05, 4.69) is 5.10 Å². The summed E-state index contributed by atoms with van der Waals surface area (Å²) in [5, 5.41) is 4.21. The summed E-state index contributed by atoms with van der Waals surface area (Å²) < 4.78 is 16.5. The van der Waals surface area contributed by atoms with Crippen LogP contribution in [0.5, 0.6) is 11.5 Å². The number of nitrogens with zero attached hydrogens (tertiary/aromatic N) is 2. The zero-order valence-corrected chi connectivity index (χ0v) is 16.9. The van der Waals surface area contributed by atoms with E-state index >= 15 is 0 Å². The molecule has 0 saturated carbocycles. The van der Waals surface area contributed by atoms with Crippen molar-refractivity contribution >= 4 is 11.8 Å². The summed E-state index contributed by atoms with van der Waals surface area (Å²) >= 11 is 0. The van der Waals surface area contributed by atoms with Crippen LogP contribution in [0, 0.1) is 5.41 Å². The monoisotopic (exact) mass is 388 g/mol. The third kappa shape index (κ3) is 4.21. The minimum atomic E-state index is -0.825. The van der Waals surface area contributed by atoms with Crippen molar-refractivity contribution in [2.45, 2.75) is 27.7 Å². The molecule has 150 valence electrons. The number of ether oxygens (including phenoxy) is 3. The highest BCUT2D eigenvalue weighted by Crippen LogP contribution is 2.27. The van der Waals surface area contributed by atoms with E-state index in [1.54, 1.807) is 39.8 Å². The van der Waals surface area contributed by atoms with Gasteiger partial charge in [-0.25, -0.2) is 4.79 Å². The van der Waals surface area contributed by atoms with E-state index < -0.39 is 16.9 Å². The third-order valence-corrected chi connectivity index (χ3v) is 3.93. The first kappa shape index (κ1) is 21.1. The van der Waals surface area contributed by atoms with Gasteiger partial charge in [0.25, 0.3) is 5.56 Å². The van der Waals surface area contributed by atoms with Gasteiger partial charge in [0, 0.05) is 11.5 Å². The average Bonchev–Trinajstić information content (AvgIpc) is 2.66. The standard InChI is InChI=1S/C20H24N2O6/c1-7-28-19(25)13-11-14(17(23)20(2,3)4)21-22(18(13)24)15-10-12(26-5)8-9-16(15)27-6/h8-11H,7H2,1-6H3. The van der Waals surface area contributed by atoms with Gasteiger partial charge < -0.3 is 14.2 Å². The van der Waals surface area contributed by atoms with Crippen LogP contribution >= 0.6 is 0 Å². The van der Waals surface area contributed by atoms with Gasteiger partial charge in [-0.3, -0.25) is 9.59 Å². The number of ketones is 1. The van der Waals surface area contributed by atoms with Gasteiger partial charge in [-0.2, -0.15) is 9.78 Å². The third-order valence-electron chi connectivity index (χ3n) is 3.93. The summed E-state index contributed by atoms with van der Waals surface area (Å²) in [6.07, 6.45) is 0. The molecule has 0 N–H and O–H groups in total. The Bertz CT molecular complexity index is 956. The Morgan fingerprint density at radius 2 is 1.79 bits per heavy atom. The fourth-order valence-electron chi connectivity index (χ4n) is 2.47. The first-order chi connectivity index (χ1) is 13.1. The SMILES string of the molecule is CCOC(=O)c1cc(C(=O)C(C)(C)C)nn(-c2cc(OC)ccc2OC)c1=O. The minimum Gasteiger partial charge on any atom is -0.497 e. The molecule has 0 unspecified atom stereocenters. The van der Waals surface area contributed by atoms with Crippen LogP contribution in [0.1, 0.15) is 48.5 Å². The van der Waals surface area contributed by atoms with E-state index in [9.17, 15) is 14.4 Å². The molecule has 0 radical (unpaired) electrons. The van der Waals surface area contributed by atoms with Crippen molar-refractivity contribution in [3.05, 3.63) is 45.9 Å². The molecule has 1 aromatic carbocycles. The number of hydrogen-bond donors (Lipinski definition) is 0. The zero-order valence-electron chi connectivity index (χ0n) is 16.9. The van der Waals surface area contributed by atoms with Crippen molar-refractivity contribution in [3.63, 3.8) is 0 Å². The number of carbonyl (C=O) groups excluding carboxylic acids is 2. The molecule has 0 aliphatic heterocycles. The second kappa shape index (κ2) is 8.24. The van der Waals surface area contributed by atoms with Crippen LogP contribution in [0.25, 0.3) is 5.69 Å². The van der Waals surface area contributed by atoms with Crippen LogP contribution in [-0.4, -0.2) is 42.4 Å². The molecule has 0 bridgehead atoms. The van der Waals surface area contributed by atoms with Crippen LogP contribution in [-0.2, 0) is 4.74 Å². The summed E-state index contributed by atoms with van der Waals surface area (Å²) in [6.45, 7) is 6.89. The number of hydrogen-bond acceptors (Lipinski definition) is 7. The van der Waals surface area contributed by atoms with Crippen molar-refractivity contribution < 1.29 is 23.8 Å². The first-order valence-corrected chi connectivity index (χ1v) is 8.72. The van der Waals surface area contributed by atoms with Gasteiger partial charge >= 0.3 is 5.97 Å². The summed E-state index contributed by atoms with van der Waals surface area (Å²) in [5.41, 5.74) is -1.56. The highest BCUT2D eigenvalue weighted by atomic mass is 16.5. The van der Waals surface area contributed by atoms with Crippen LogP contribution in [0.4, 0.5) is 0 Å². The van der Waals surface area contributed by atoms with Crippen LogP contribution in [0.15, 0.2) is 29.1 Å². The molecule has 1 heterocycles. The first-order valence-electron chi connectivity index (χ1n) is 8.72. The Labute approximate surface area is 163 Å². The minimum absolute atomic E-state index is 0.0278. The fourth-order valence-corrected chi connectivity index (χ4v) is 2.47. The molecular formula is C20H24N2O6. The number of carbonyl (C=O) groups is 2. The maximum atomic E-state index is 13.0. The highest BCUT2D eigenvalue weighted by molar-refractivity contribution is 6.00. The lowest BCUT2D eigenvalue weighted by atomic mass is 9.88. The van der Waals surface area contributed by atoms with Gasteiger partial charge in [0.2, 0.25) is 0 Å². The maximum absolute atomic E-state index is 13.0. The van der Waals surface area contributed by atoms with Gasteiger partial charge in [0.15, 0.2) is 5.78 Å². The van der Waals surface area contributed by atoms with Crippen molar-refractivity contribution in [1.29, 1.82) is 0 Å². The lowest BCUT2D eigenvalue weighted by Crippen LogP contribution is -2.32. The average molecular weight is 388 g/mol. The Morgan fingerprint density at radius 3 is 2.32 bits per heavy atom. The highest BCUT2D eigenvalue weighted by Gasteiger charge is 2.28. The molecule has 8 heteroatoms. The molecule has 0 spiro atoms. The molecule has 8 nitrogen and oxygen atoms in total. The second-order valence-electron chi connectivity index (χ2n) is 7.00. The molecule has 28 heavy (non-hydrogen) atoms. The molecule has 0 fully saturated rings. The number of methoxy groups -OCH3 is 2.